The van der Waals surface area contributed by atoms with E-state index in [-0.39, 0.29) is 41.9 Å². The second-order valence-corrected chi connectivity index (χ2v) is 16.1. The molecule has 0 fully saturated rings. The molecule has 6 N–H and O–H groups in total. The van der Waals surface area contributed by atoms with E-state index in [0.717, 1.165) is 28.4 Å². The Hall–Kier alpha value is -6.06. The number of anilines is 2. The van der Waals surface area contributed by atoms with Crippen LogP contribution in [0.2, 0.25) is 0 Å². The highest BCUT2D eigenvalue weighted by atomic mass is 32.2. The fourth-order valence-corrected chi connectivity index (χ4v) is 6.98. The minimum Gasteiger partial charge on any atom is -0.399 e. The number of aromatic nitrogens is 2. The Morgan fingerprint density at radius 3 is 2.07 bits per heavy atom. The summed E-state index contributed by atoms with van der Waals surface area (Å²) in [4.78, 5) is 49.8. The van der Waals surface area contributed by atoms with E-state index in [2.05, 4.69) is 31.2 Å². The summed E-state index contributed by atoms with van der Waals surface area (Å²) in [6, 6.07) is 26.3. The fraction of sp³-hybridized carbons (Fsp3) is 0.262. The molecule has 0 aliphatic heterocycles. The molecule has 0 spiro atoms. The average Bonchev–Trinajstić information content (AvgIpc) is 3.19. The summed E-state index contributed by atoms with van der Waals surface area (Å²) in [5.41, 5.74) is 10.9. The SMILES string of the molecule is Bc1ccc(CN(c2cc(C(=O)NC(C)c3cccnc3)cc(C(=O)N[C@H](CN[C@@H](C)C(=O)N[C@H](C)c3ccc(N)cc3)Cc3ccccn3)c2)S(C)(=O)=O)cc1. The number of nitrogen functional groups attached to an aromatic ring is 1. The third-order valence-corrected chi connectivity index (χ3v) is 10.6. The van der Waals surface area contributed by atoms with Gasteiger partial charge in [0.1, 0.15) is 7.85 Å². The number of carbonyl (C=O) groups excluding carboxylic acids is 3. The van der Waals surface area contributed by atoms with Crippen molar-refractivity contribution in [1.29, 1.82) is 0 Å². The lowest BCUT2D eigenvalue weighted by Crippen LogP contribution is -2.50. The summed E-state index contributed by atoms with van der Waals surface area (Å²) >= 11 is 0. The molecule has 3 aromatic carbocycles. The molecular formula is C42H49BN8O5S. The second-order valence-electron chi connectivity index (χ2n) is 14.2. The van der Waals surface area contributed by atoms with Crippen LogP contribution in [0.4, 0.5) is 11.4 Å². The number of nitrogens with one attached hydrogen (secondary N) is 4. The van der Waals surface area contributed by atoms with Crippen LogP contribution in [0.25, 0.3) is 0 Å². The quantitative estimate of drug-likeness (QED) is 0.0698. The molecule has 0 radical (unpaired) electrons. The van der Waals surface area contributed by atoms with Crippen molar-refractivity contribution >= 4 is 52.4 Å². The summed E-state index contributed by atoms with van der Waals surface area (Å²) in [6.07, 6.45) is 6.34. The summed E-state index contributed by atoms with van der Waals surface area (Å²) in [7, 11) is -1.96. The summed E-state index contributed by atoms with van der Waals surface area (Å²) < 4.78 is 27.9. The molecule has 0 saturated carbocycles. The zero-order valence-electron chi connectivity index (χ0n) is 32.8. The molecule has 1 unspecified atom stereocenters. The van der Waals surface area contributed by atoms with Crippen molar-refractivity contribution < 1.29 is 22.8 Å². The molecule has 0 saturated heterocycles. The largest absolute Gasteiger partial charge is 0.399 e. The predicted octanol–water partition coefficient (Wildman–Crippen LogP) is 2.97. The van der Waals surface area contributed by atoms with Gasteiger partial charge in [0, 0.05) is 60.1 Å². The van der Waals surface area contributed by atoms with Gasteiger partial charge in [0.05, 0.1) is 36.6 Å². The van der Waals surface area contributed by atoms with Gasteiger partial charge in [-0.2, -0.15) is 0 Å². The van der Waals surface area contributed by atoms with E-state index in [1.807, 2.05) is 76.3 Å². The van der Waals surface area contributed by atoms with Gasteiger partial charge in [-0.3, -0.25) is 28.7 Å². The molecule has 57 heavy (non-hydrogen) atoms. The van der Waals surface area contributed by atoms with Gasteiger partial charge in [0.25, 0.3) is 11.8 Å². The molecule has 2 heterocycles. The lowest BCUT2D eigenvalue weighted by atomic mass is 9.95. The smallest absolute Gasteiger partial charge is 0.251 e. The molecule has 0 bridgehead atoms. The number of benzene rings is 3. The number of nitrogens with zero attached hydrogens (tertiary/aromatic N) is 3. The molecule has 5 aromatic rings. The zero-order valence-corrected chi connectivity index (χ0v) is 33.6. The van der Waals surface area contributed by atoms with Gasteiger partial charge in [-0.05, 0) is 86.0 Å². The van der Waals surface area contributed by atoms with Gasteiger partial charge in [0.15, 0.2) is 0 Å². The third kappa shape index (κ3) is 12.2. The van der Waals surface area contributed by atoms with E-state index < -0.39 is 40.0 Å². The topological polar surface area (TPSA) is 189 Å². The van der Waals surface area contributed by atoms with E-state index >= 15 is 0 Å². The van der Waals surface area contributed by atoms with Crippen LogP contribution < -0.4 is 36.8 Å². The average molecular weight is 789 g/mol. The van der Waals surface area contributed by atoms with E-state index in [0.29, 0.717) is 17.8 Å². The Morgan fingerprint density at radius 2 is 1.46 bits per heavy atom. The first-order valence-electron chi connectivity index (χ1n) is 18.7. The summed E-state index contributed by atoms with van der Waals surface area (Å²) in [5, 5.41) is 12.2. The van der Waals surface area contributed by atoms with E-state index in [1.54, 1.807) is 49.8 Å². The lowest BCUT2D eigenvalue weighted by Gasteiger charge is -2.25. The molecule has 3 amide bonds. The second kappa shape index (κ2) is 19.2. The normalized spacial score (nSPS) is 13.4. The molecule has 5 rings (SSSR count). The highest BCUT2D eigenvalue weighted by molar-refractivity contribution is 7.92. The zero-order chi connectivity index (χ0) is 41.1. The van der Waals surface area contributed by atoms with Gasteiger partial charge in [-0.25, -0.2) is 8.42 Å². The van der Waals surface area contributed by atoms with E-state index in [1.165, 1.54) is 22.5 Å². The first-order chi connectivity index (χ1) is 27.2. The standard InChI is InChI=1S/C42H49BN8O5S/c1-27(31-12-16-36(44)17-13-31)48-40(52)29(3)47-25-38(23-37-9-5-6-19-46-37)50-42(54)34-20-33(41(53)49-28(2)32-8-7-18-45-24-32)21-39(22-34)51(57(4,55)56)26-30-10-14-35(43)15-11-30/h5-22,24,27-29,38,47H,23,25-26,43-44H2,1-4H3,(H,48,52)(H,49,53)(H,50,54)/t27-,28?,29+,38+/m1/s1. The number of hydrogen-bond acceptors (Lipinski definition) is 9. The van der Waals surface area contributed by atoms with Crippen LogP contribution in [0.5, 0.6) is 0 Å². The van der Waals surface area contributed by atoms with Crippen molar-refractivity contribution in [2.45, 2.75) is 57.9 Å². The Balaban J connectivity index is 1.42. The van der Waals surface area contributed by atoms with E-state index in [9.17, 15) is 22.8 Å². The van der Waals surface area contributed by atoms with Crippen molar-refractivity contribution in [2.24, 2.45) is 0 Å². The Kier molecular flexibility index (Phi) is 14.2. The monoisotopic (exact) mass is 788 g/mol. The molecule has 0 aliphatic rings. The number of sulfonamides is 1. The van der Waals surface area contributed by atoms with Crippen LogP contribution in [0.15, 0.2) is 116 Å². The van der Waals surface area contributed by atoms with Gasteiger partial charge < -0.3 is 27.0 Å². The maximum atomic E-state index is 14.2. The molecular weight excluding hydrogens is 739 g/mol. The molecule has 4 atom stereocenters. The molecule has 2 aromatic heterocycles. The number of hydrogen-bond donors (Lipinski definition) is 5. The first-order valence-corrected chi connectivity index (χ1v) is 20.5. The van der Waals surface area contributed by atoms with Crippen molar-refractivity contribution in [3.63, 3.8) is 0 Å². The fourth-order valence-electron chi connectivity index (χ4n) is 6.10. The Labute approximate surface area is 335 Å². The molecule has 15 heteroatoms. The molecule has 296 valence electrons. The molecule has 13 nitrogen and oxygen atoms in total. The maximum absolute atomic E-state index is 14.2. The summed E-state index contributed by atoms with van der Waals surface area (Å²) in [5.74, 6) is -1.29. The van der Waals surface area contributed by atoms with Crippen LogP contribution >= 0.6 is 0 Å². The van der Waals surface area contributed by atoms with Gasteiger partial charge in [-0.1, -0.05) is 54.0 Å². The first kappa shape index (κ1) is 42.1. The van der Waals surface area contributed by atoms with Crippen LogP contribution in [-0.2, 0) is 27.8 Å². The van der Waals surface area contributed by atoms with Crippen molar-refractivity contribution in [1.82, 2.24) is 31.2 Å². The minimum atomic E-state index is -3.90. The number of pyridine rings is 2. The lowest BCUT2D eigenvalue weighted by molar-refractivity contribution is -0.123. The van der Waals surface area contributed by atoms with Crippen LogP contribution in [0.3, 0.4) is 0 Å². The Bertz CT molecular complexity index is 2250. The predicted molar refractivity (Wildman–Crippen MR) is 226 cm³/mol. The van der Waals surface area contributed by atoms with Crippen molar-refractivity contribution in [3.05, 3.63) is 149 Å². The number of amides is 3. The highest BCUT2D eigenvalue weighted by Gasteiger charge is 2.25. The number of rotatable bonds is 17. The Morgan fingerprint density at radius 1 is 0.789 bits per heavy atom. The van der Waals surface area contributed by atoms with E-state index in [4.69, 9.17) is 5.73 Å². The van der Waals surface area contributed by atoms with Gasteiger partial charge in [0.2, 0.25) is 15.9 Å². The maximum Gasteiger partial charge on any atom is 0.251 e. The van der Waals surface area contributed by atoms with Gasteiger partial charge >= 0.3 is 0 Å². The minimum absolute atomic E-state index is 0.0273. The summed E-state index contributed by atoms with van der Waals surface area (Å²) in [6.45, 7) is 5.58. The molecule has 0 aliphatic carbocycles. The number of nitrogens with two attached hydrogens (primary N) is 1. The third-order valence-electron chi connectivity index (χ3n) is 9.49. The van der Waals surface area contributed by atoms with Crippen molar-refractivity contribution in [2.75, 3.05) is 22.8 Å². The number of carbonyl (C=O) groups is 3. The van der Waals surface area contributed by atoms with Crippen LogP contribution in [0, 0.1) is 0 Å². The van der Waals surface area contributed by atoms with Crippen molar-refractivity contribution in [3.8, 4) is 0 Å². The van der Waals surface area contributed by atoms with Crippen LogP contribution in [-0.4, -0.2) is 68.8 Å². The van der Waals surface area contributed by atoms with Crippen LogP contribution in [0.1, 0.15) is 76.0 Å². The highest BCUT2D eigenvalue weighted by Crippen LogP contribution is 2.25. The van der Waals surface area contributed by atoms with Gasteiger partial charge in [-0.15, -0.1) is 0 Å².